The number of carbonyl (C=O) groups is 1. The summed E-state index contributed by atoms with van der Waals surface area (Å²) in [6.45, 7) is 2.15. The first-order valence-corrected chi connectivity index (χ1v) is 9.14. The van der Waals surface area contributed by atoms with Gasteiger partial charge in [-0.2, -0.15) is 10.4 Å². The van der Waals surface area contributed by atoms with E-state index < -0.39 is 5.54 Å². The molecule has 2 heterocycles. The molecule has 24 heavy (non-hydrogen) atoms. The van der Waals surface area contributed by atoms with Crippen molar-refractivity contribution in [3.63, 3.8) is 0 Å². The SMILES string of the molecule is N#CC1(NC(=O)CN2CCCCC2Cn2cccn2)CCCCC1. The Morgan fingerprint density at radius 1 is 1.29 bits per heavy atom. The van der Waals surface area contributed by atoms with Crippen LogP contribution in [0.15, 0.2) is 18.5 Å². The van der Waals surface area contributed by atoms with E-state index in [1.165, 1.54) is 6.42 Å². The largest absolute Gasteiger partial charge is 0.337 e. The number of rotatable bonds is 5. The van der Waals surface area contributed by atoms with Gasteiger partial charge in [-0.05, 0) is 38.3 Å². The molecule has 6 nitrogen and oxygen atoms in total. The molecule has 1 unspecified atom stereocenters. The number of likely N-dealkylation sites (tertiary alicyclic amines) is 1. The zero-order valence-corrected chi connectivity index (χ0v) is 14.3. The Bertz CT molecular complexity index is 571. The second kappa shape index (κ2) is 7.80. The van der Waals surface area contributed by atoms with Gasteiger partial charge < -0.3 is 5.32 Å². The minimum atomic E-state index is -0.636. The van der Waals surface area contributed by atoms with Crippen LogP contribution in [0.1, 0.15) is 51.4 Å². The van der Waals surface area contributed by atoms with E-state index in [4.69, 9.17) is 0 Å². The van der Waals surface area contributed by atoms with Crippen molar-refractivity contribution in [1.29, 1.82) is 5.26 Å². The summed E-state index contributed by atoms with van der Waals surface area (Å²) in [6, 6.07) is 4.64. The molecule has 0 radical (unpaired) electrons. The summed E-state index contributed by atoms with van der Waals surface area (Å²) >= 11 is 0. The van der Waals surface area contributed by atoms with Crippen molar-refractivity contribution < 1.29 is 4.79 Å². The van der Waals surface area contributed by atoms with Crippen molar-refractivity contribution in [1.82, 2.24) is 20.0 Å². The fourth-order valence-corrected chi connectivity index (χ4v) is 4.01. The maximum atomic E-state index is 12.6. The number of hydrogen-bond acceptors (Lipinski definition) is 4. The van der Waals surface area contributed by atoms with E-state index in [2.05, 4.69) is 21.4 Å². The molecule has 1 aliphatic heterocycles. The predicted octanol–water partition coefficient (Wildman–Crippen LogP) is 2.08. The molecule has 2 aliphatic rings. The van der Waals surface area contributed by atoms with Crippen LogP contribution in [0.3, 0.4) is 0 Å². The lowest BCUT2D eigenvalue weighted by atomic mass is 9.83. The lowest BCUT2D eigenvalue weighted by Crippen LogP contribution is -2.54. The van der Waals surface area contributed by atoms with E-state index in [1.807, 2.05) is 16.9 Å². The summed E-state index contributed by atoms with van der Waals surface area (Å²) in [5.74, 6) is -0.00850. The van der Waals surface area contributed by atoms with Crippen molar-refractivity contribution in [3.8, 4) is 6.07 Å². The van der Waals surface area contributed by atoms with Crippen LogP contribution < -0.4 is 5.32 Å². The van der Waals surface area contributed by atoms with E-state index in [-0.39, 0.29) is 5.91 Å². The van der Waals surface area contributed by atoms with Gasteiger partial charge in [0.15, 0.2) is 0 Å². The van der Waals surface area contributed by atoms with E-state index in [1.54, 1.807) is 6.20 Å². The molecule has 0 aromatic carbocycles. The van der Waals surface area contributed by atoms with Gasteiger partial charge >= 0.3 is 0 Å². The van der Waals surface area contributed by atoms with Gasteiger partial charge in [0, 0.05) is 18.4 Å². The highest BCUT2D eigenvalue weighted by molar-refractivity contribution is 5.79. The van der Waals surface area contributed by atoms with Crippen LogP contribution in [0.25, 0.3) is 0 Å². The van der Waals surface area contributed by atoms with Crippen LogP contribution >= 0.6 is 0 Å². The molecule has 1 saturated carbocycles. The summed E-state index contributed by atoms with van der Waals surface area (Å²) in [4.78, 5) is 14.8. The molecule has 2 fully saturated rings. The summed E-state index contributed by atoms with van der Waals surface area (Å²) in [6.07, 6.45) is 12.0. The molecule has 1 atom stereocenters. The number of hydrogen-bond donors (Lipinski definition) is 1. The molecule has 130 valence electrons. The van der Waals surface area contributed by atoms with Crippen molar-refractivity contribution in [3.05, 3.63) is 18.5 Å². The van der Waals surface area contributed by atoms with Crippen LogP contribution in [0, 0.1) is 11.3 Å². The molecule has 1 aliphatic carbocycles. The van der Waals surface area contributed by atoms with Crippen molar-refractivity contribution in [2.75, 3.05) is 13.1 Å². The third-order valence-electron chi connectivity index (χ3n) is 5.35. The van der Waals surface area contributed by atoms with Crippen molar-refractivity contribution >= 4 is 5.91 Å². The number of piperidine rings is 1. The average molecular weight is 329 g/mol. The molecule has 1 saturated heterocycles. The van der Waals surface area contributed by atoms with Gasteiger partial charge in [0.05, 0.1) is 19.2 Å². The summed E-state index contributed by atoms with van der Waals surface area (Å²) in [5.41, 5.74) is -0.636. The quantitative estimate of drug-likeness (QED) is 0.897. The van der Waals surface area contributed by atoms with E-state index in [9.17, 15) is 10.1 Å². The van der Waals surface area contributed by atoms with Gasteiger partial charge in [-0.25, -0.2) is 0 Å². The van der Waals surface area contributed by atoms with Crippen molar-refractivity contribution in [2.45, 2.75) is 69.5 Å². The fourth-order valence-electron chi connectivity index (χ4n) is 4.01. The highest BCUT2D eigenvalue weighted by Gasteiger charge is 2.34. The van der Waals surface area contributed by atoms with Gasteiger partial charge in [0.2, 0.25) is 5.91 Å². The molecule has 0 spiro atoms. The Balaban J connectivity index is 1.58. The van der Waals surface area contributed by atoms with E-state index in [0.717, 1.165) is 58.0 Å². The molecule has 1 N–H and O–H groups in total. The van der Waals surface area contributed by atoms with Crippen LogP contribution in [0.4, 0.5) is 0 Å². The number of carbonyl (C=O) groups excluding carboxylic acids is 1. The molecule has 0 bridgehead atoms. The van der Waals surface area contributed by atoms with Crippen LogP contribution in [-0.4, -0.2) is 45.3 Å². The van der Waals surface area contributed by atoms with Crippen LogP contribution in [0.2, 0.25) is 0 Å². The molecule has 1 aromatic heterocycles. The second-order valence-corrected chi connectivity index (χ2v) is 7.15. The monoisotopic (exact) mass is 329 g/mol. The van der Waals surface area contributed by atoms with Gasteiger partial charge in [-0.3, -0.25) is 14.4 Å². The maximum Gasteiger partial charge on any atom is 0.235 e. The normalized spacial score (nSPS) is 24.2. The summed E-state index contributed by atoms with van der Waals surface area (Å²) < 4.78 is 1.94. The Kier molecular flexibility index (Phi) is 5.52. The van der Waals surface area contributed by atoms with Crippen LogP contribution in [-0.2, 0) is 11.3 Å². The Morgan fingerprint density at radius 3 is 2.83 bits per heavy atom. The minimum Gasteiger partial charge on any atom is -0.337 e. The van der Waals surface area contributed by atoms with Crippen molar-refractivity contribution in [2.24, 2.45) is 0 Å². The number of amides is 1. The topological polar surface area (TPSA) is 74.0 Å². The average Bonchev–Trinajstić information content (AvgIpc) is 3.10. The van der Waals surface area contributed by atoms with Gasteiger partial charge in [-0.1, -0.05) is 25.7 Å². The molecule has 1 amide bonds. The smallest absolute Gasteiger partial charge is 0.235 e. The minimum absolute atomic E-state index is 0.00850. The molecular formula is C18H27N5O. The fraction of sp³-hybridized carbons (Fsp3) is 0.722. The number of aromatic nitrogens is 2. The highest BCUT2D eigenvalue weighted by atomic mass is 16.2. The third-order valence-corrected chi connectivity index (χ3v) is 5.35. The zero-order valence-electron chi connectivity index (χ0n) is 14.3. The maximum absolute atomic E-state index is 12.6. The number of nitriles is 1. The lowest BCUT2D eigenvalue weighted by molar-refractivity contribution is -0.125. The summed E-state index contributed by atoms with van der Waals surface area (Å²) in [5, 5.41) is 16.9. The number of nitrogens with one attached hydrogen (secondary N) is 1. The lowest BCUT2D eigenvalue weighted by Gasteiger charge is -2.37. The summed E-state index contributed by atoms with van der Waals surface area (Å²) in [7, 11) is 0. The van der Waals surface area contributed by atoms with E-state index >= 15 is 0 Å². The Hall–Kier alpha value is -1.87. The molecular weight excluding hydrogens is 302 g/mol. The first-order valence-electron chi connectivity index (χ1n) is 9.14. The first kappa shape index (κ1) is 17.0. The van der Waals surface area contributed by atoms with Gasteiger partial charge in [-0.15, -0.1) is 0 Å². The van der Waals surface area contributed by atoms with Crippen LogP contribution in [0.5, 0.6) is 0 Å². The third kappa shape index (κ3) is 4.15. The first-order chi connectivity index (χ1) is 11.7. The van der Waals surface area contributed by atoms with Gasteiger partial charge in [0.1, 0.15) is 5.54 Å². The second-order valence-electron chi connectivity index (χ2n) is 7.15. The zero-order chi connectivity index (χ0) is 16.8. The Labute approximate surface area is 143 Å². The van der Waals surface area contributed by atoms with Gasteiger partial charge in [0.25, 0.3) is 0 Å². The Morgan fingerprint density at radius 2 is 2.12 bits per heavy atom. The predicted molar refractivity (Wildman–Crippen MR) is 91.0 cm³/mol. The molecule has 3 rings (SSSR count). The molecule has 1 aromatic rings. The molecule has 6 heteroatoms. The number of nitrogens with zero attached hydrogens (tertiary/aromatic N) is 4. The standard InChI is InChI=1S/C18H27N5O/c19-15-18(8-3-1-4-9-18)21-17(24)14-22-11-5-2-7-16(22)13-23-12-6-10-20-23/h6,10,12,16H,1-5,7-9,11,13-14H2,(H,21,24). The van der Waals surface area contributed by atoms with E-state index in [0.29, 0.717) is 12.6 Å². The highest BCUT2D eigenvalue weighted by Crippen LogP contribution is 2.27.